The Balaban J connectivity index is 2.24. The second-order valence-corrected chi connectivity index (χ2v) is 5.34. The van der Waals surface area contributed by atoms with Crippen LogP contribution in [0.1, 0.15) is 42.2 Å². The average molecular weight is 314 g/mol. The Morgan fingerprint density at radius 3 is 2.48 bits per heavy atom. The molecule has 1 aromatic heterocycles. The van der Waals surface area contributed by atoms with Crippen LogP contribution in [0.25, 0.3) is 11.3 Å². The van der Waals surface area contributed by atoms with E-state index >= 15 is 0 Å². The van der Waals surface area contributed by atoms with Gasteiger partial charge < -0.3 is 16.2 Å². The number of nitrogens with zero attached hydrogens (tertiary/aromatic N) is 2. The van der Waals surface area contributed by atoms with Gasteiger partial charge in [0.15, 0.2) is 0 Å². The van der Waals surface area contributed by atoms with E-state index in [2.05, 4.69) is 16.9 Å². The van der Waals surface area contributed by atoms with Crippen LogP contribution in [0.3, 0.4) is 0 Å². The molecule has 0 atom stereocenters. The van der Waals surface area contributed by atoms with Gasteiger partial charge in [0.05, 0.1) is 23.6 Å². The minimum atomic E-state index is -0.572. The number of anilines is 1. The monoisotopic (exact) mass is 314 g/mol. The van der Waals surface area contributed by atoms with Crippen LogP contribution in [0.5, 0.6) is 5.75 Å². The molecular weight excluding hydrogens is 292 g/mol. The largest absolute Gasteiger partial charge is 0.494 e. The Hall–Kier alpha value is -2.63. The maximum Gasteiger partial charge on any atom is 0.252 e. The van der Waals surface area contributed by atoms with E-state index in [4.69, 9.17) is 16.2 Å². The molecule has 1 heterocycles. The number of amides is 1. The Morgan fingerprint density at radius 1 is 1.17 bits per heavy atom. The number of rotatable bonds is 7. The van der Waals surface area contributed by atoms with E-state index in [1.54, 1.807) is 6.92 Å². The Labute approximate surface area is 135 Å². The van der Waals surface area contributed by atoms with Crippen molar-refractivity contribution in [1.82, 2.24) is 9.97 Å². The van der Waals surface area contributed by atoms with E-state index in [-0.39, 0.29) is 11.5 Å². The van der Waals surface area contributed by atoms with Gasteiger partial charge in [0.1, 0.15) is 5.75 Å². The van der Waals surface area contributed by atoms with Crippen LogP contribution in [0, 0.1) is 6.92 Å². The molecule has 0 aliphatic carbocycles. The van der Waals surface area contributed by atoms with E-state index < -0.39 is 5.91 Å². The van der Waals surface area contributed by atoms with Crippen molar-refractivity contribution >= 4 is 11.9 Å². The van der Waals surface area contributed by atoms with Gasteiger partial charge in [-0.1, -0.05) is 19.8 Å². The van der Waals surface area contributed by atoms with Crippen LogP contribution in [0.2, 0.25) is 0 Å². The van der Waals surface area contributed by atoms with Gasteiger partial charge in [0, 0.05) is 5.56 Å². The third-order valence-corrected chi connectivity index (χ3v) is 3.50. The average Bonchev–Trinajstić information content (AvgIpc) is 2.51. The molecular formula is C17H22N4O2. The topological polar surface area (TPSA) is 104 Å². The highest BCUT2D eigenvalue weighted by atomic mass is 16.5. The molecule has 0 bridgehead atoms. The summed E-state index contributed by atoms with van der Waals surface area (Å²) in [6.07, 6.45) is 3.35. The molecule has 0 fully saturated rings. The molecule has 0 unspecified atom stereocenters. The van der Waals surface area contributed by atoms with Gasteiger partial charge in [0.25, 0.3) is 5.91 Å². The molecule has 23 heavy (non-hydrogen) atoms. The Morgan fingerprint density at radius 2 is 1.87 bits per heavy atom. The number of aromatic nitrogens is 2. The predicted octanol–water partition coefficient (Wildman–Crippen LogP) is 2.70. The quantitative estimate of drug-likeness (QED) is 0.765. The van der Waals surface area contributed by atoms with Crippen molar-refractivity contribution < 1.29 is 9.53 Å². The summed E-state index contributed by atoms with van der Waals surface area (Å²) in [6, 6.07) is 7.37. The maximum absolute atomic E-state index is 11.7. The lowest BCUT2D eigenvalue weighted by Crippen LogP contribution is -2.17. The van der Waals surface area contributed by atoms with Crippen LogP contribution in [-0.4, -0.2) is 22.5 Å². The lowest BCUT2D eigenvalue weighted by atomic mass is 10.0. The second-order valence-electron chi connectivity index (χ2n) is 5.34. The summed E-state index contributed by atoms with van der Waals surface area (Å²) in [4.78, 5) is 19.8. The normalized spacial score (nSPS) is 10.5. The second kappa shape index (κ2) is 7.58. The third-order valence-electron chi connectivity index (χ3n) is 3.50. The third kappa shape index (κ3) is 4.18. The lowest BCUT2D eigenvalue weighted by Gasteiger charge is -2.11. The van der Waals surface area contributed by atoms with Gasteiger partial charge in [-0.25, -0.2) is 9.97 Å². The van der Waals surface area contributed by atoms with Crippen molar-refractivity contribution in [1.29, 1.82) is 0 Å². The van der Waals surface area contributed by atoms with Crippen molar-refractivity contribution in [3.8, 4) is 17.0 Å². The van der Waals surface area contributed by atoms with E-state index in [1.165, 1.54) is 0 Å². The fourth-order valence-electron chi connectivity index (χ4n) is 2.35. The van der Waals surface area contributed by atoms with Crippen molar-refractivity contribution in [2.24, 2.45) is 5.73 Å². The number of ether oxygens (including phenoxy) is 1. The smallest absolute Gasteiger partial charge is 0.252 e. The highest BCUT2D eigenvalue weighted by Crippen LogP contribution is 2.26. The van der Waals surface area contributed by atoms with Crippen molar-refractivity contribution in [2.75, 3.05) is 12.3 Å². The molecule has 4 N–H and O–H groups in total. The minimum absolute atomic E-state index is 0.113. The number of hydrogen-bond donors (Lipinski definition) is 2. The molecule has 0 radical (unpaired) electrons. The van der Waals surface area contributed by atoms with Crippen LogP contribution >= 0.6 is 0 Å². The Bertz CT molecular complexity index is 684. The highest BCUT2D eigenvalue weighted by molar-refractivity contribution is 6.00. The number of nitrogen functional groups attached to an aromatic ring is 1. The molecule has 0 aliphatic heterocycles. The van der Waals surface area contributed by atoms with Gasteiger partial charge in [-0.2, -0.15) is 0 Å². The summed E-state index contributed by atoms with van der Waals surface area (Å²) in [6.45, 7) is 4.53. The first-order valence-corrected chi connectivity index (χ1v) is 7.70. The molecule has 0 aliphatic rings. The van der Waals surface area contributed by atoms with E-state index in [9.17, 15) is 4.79 Å². The van der Waals surface area contributed by atoms with Crippen LogP contribution in [0.4, 0.5) is 5.95 Å². The highest BCUT2D eigenvalue weighted by Gasteiger charge is 2.17. The summed E-state index contributed by atoms with van der Waals surface area (Å²) < 4.78 is 5.68. The Kier molecular flexibility index (Phi) is 5.51. The van der Waals surface area contributed by atoms with Crippen LogP contribution < -0.4 is 16.2 Å². The molecule has 0 saturated carbocycles. The standard InChI is InChI=1S/C17H22N4O2/c1-3-4-5-10-23-13-8-6-12(7-9-13)15-14(16(18)22)11(2)20-17(19)21-15/h6-9H,3-5,10H2,1-2H3,(H2,18,22)(H2,19,20,21). The van der Waals surface area contributed by atoms with E-state index in [0.717, 1.165) is 30.6 Å². The van der Waals surface area contributed by atoms with Gasteiger partial charge in [-0.05, 0) is 37.6 Å². The summed E-state index contributed by atoms with van der Waals surface area (Å²) >= 11 is 0. The van der Waals surface area contributed by atoms with Gasteiger partial charge in [0.2, 0.25) is 5.95 Å². The molecule has 0 saturated heterocycles. The number of hydrogen-bond acceptors (Lipinski definition) is 5. The van der Waals surface area contributed by atoms with Gasteiger partial charge >= 0.3 is 0 Å². The van der Waals surface area contributed by atoms with Crippen molar-refractivity contribution in [3.63, 3.8) is 0 Å². The van der Waals surface area contributed by atoms with Crippen LogP contribution in [-0.2, 0) is 0 Å². The number of primary amides is 1. The lowest BCUT2D eigenvalue weighted by molar-refractivity contribution is 0.0999. The zero-order chi connectivity index (χ0) is 16.8. The number of carbonyl (C=O) groups excluding carboxylic acids is 1. The zero-order valence-electron chi connectivity index (χ0n) is 13.5. The minimum Gasteiger partial charge on any atom is -0.494 e. The maximum atomic E-state index is 11.7. The summed E-state index contributed by atoms with van der Waals surface area (Å²) in [5, 5.41) is 0. The van der Waals surface area contributed by atoms with Crippen LogP contribution in [0.15, 0.2) is 24.3 Å². The fraction of sp³-hybridized carbons (Fsp3) is 0.353. The summed E-state index contributed by atoms with van der Waals surface area (Å²) in [5.74, 6) is 0.323. The molecule has 6 nitrogen and oxygen atoms in total. The number of carbonyl (C=O) groups is 1. The molecule has 1 aromatic carbocycles. The summed E-state index contributed by atoms with van der Waals surface area (Å²) in [7, 11) is 0. The molecule has 2 aromatic rings. The first-order valence-electron chi connectivity index (χ1n) is 7.70. The van der Waals surface area contributed by atoms with Gasteiger partial charge in [-0.15, -0.1) is 0 Å². The van der Waals surface area contributed by atoms with Crippen molar-refractivity contribution in [3.05, 3.63) is 35.5 Å². The van der Waals surface area contributed by atoms with Crippen molar-refractivity contribution in [2.45, 2.75) is 33.1 Å². The number of unbranched alkanes of at least 4 members (excludes halogenated alkanes) is 2. The fourth-order valence-corrected chi connectivity index (χ4v) is 2.35. The molecule has 1 amide bonds. The zero-order valence-corrected chi connectivity index (χ0v) is 13.5. The number of benzene rings is 1. The summed E-state index contributed by atoms with van der Waals surface area (Å²) in [5.41, 5.74) is 13.1. The van der Waals surface area contributed by atoms with Gasteiger partial charge in [-0.3, -0.25) is 4.79 Å². The molecule has 6 heteroatoms. The first kappa shape index (κ1) is 16.7. The first-order chi connectivity index (χ1) is 11.0. The molecule has 0 spiro atoms. The SMILES string of the molecule is CCCCCOc1ccc(-c2nc(N)nc(C)c2C(N)=O)cc1. The number of aryl methyl sites for hydroxylation is 1. The van der Waals surface area contributed by atoms with E-state index in [0.29, 0.717) is 18.0 Å². The number of nitrogens with two attached hydrogens (primary N) is 2. The molecule has 2 rings (SSSR count). The molecule has 122 valence electrons. The van der Waals surface area contributed by atoms with E-state index in [1.807, 2.05) is 24.3 Å². The predicted molar refractivity (Wildman–Crippen MR) is 90.2 cm³/mol.